The number of nitrogens with zero attached hydrogens (tertiary/aromatic N) is 3. The van der Waals surface area contributed by atoms with Gasteiger partial charge in [0.25, 0.3) is 0 Å². The van der Waals surface area contributed by atoms with E-state index in [0.717, 1.165) is 42.9 Å². The molecule has 2 rings (SSSR count). The Hall–Kier alpha value is -1.16. The lowest BCUT2D eigenvalue weighted by atomic mass is 10.3. The average Bonchev–Trinajstić information content (AvgIpc) is 3.12. The van der Waals surface area contributed by atoms with E-state index in [0.29, 0.717) is 0 Å². The van der Waals surface area contributed by atoms with Gasteiger partial charge in [0, 0.05) is 24.8 Å². The number of rotatable bonds is 7. The predicted octanol–water partition coefficient (Wildman–Crippen LogP) is 2.45. The Kier molecular flexibility index (Phi) is 4.53. The molecule has 0 saturated heterocycles. The van der Waals surface area contributed by atoms with Gasteiger partial charge in [-0.1, -0.05) is 6.92 Å². The van der Waals surface area contributed by atoms with E-state index in [4.69, 9.17) is 0 Å². The van der Waals surface area contributed by atoms with Crippen molar-refractivity contribution in [1.29, 1.82) is 0 Å². The zero-order valence-corrected chi connectivity index (χ0v) is 11.7. The zero-order chi connectivity index (χ0) is 13.0. The normalized spacial score (nSPS) is 15.1. The van der Waals surface area contributed by atoms with Crippen molar-refractivity contribution in [3.63, 3.8) is 0 Å². The maximum Gasteiger partial charge on any atom is 0.144 e. The molecule has 0 unspecified atom stereocenters. The van der Waals surface area contributed by atoms with Crippen LogP contribution in [0, 0.1) is 12.8 Å². The number of hydrogen-bond donors (Lipinski definition) is 1. The Bertz CT molecular complexity index is 387. The van der Waals surface area contributed by atoms with Gasteiger partial charge in [0.05, 0.1) is 6.54 Å². The van der Waals surface area contributed by atoms with Crippen LogP contribution in [0.4, 0.5) is 5.82 Å². The van der Waals surface area contributed by atoms with Crippen molar-refractivity contribution >= 4 is 5.82 Å². The Morgan fingerprint density at radius 1 is 1.33 bits per heavy atom. The predicted molar refractivity (Wildman–Crippen MR) is 74.6 cm³/mol. The number of anilines is 1. The summed E-state index contributed by atoms with van der Waals surface area (Å²) < 4.78 is 0. The highest BCUT2D eigenvalue weighted by Gasteiger charge is 2.24. The molecule has 0 spiro atoms. The van der Waals surface area contributed by atoms with Crippen LogP contribution >= 0.6 is 0 Å². The molecule has 18 heavy (non-hydrogen) atoms. The number of nitrogens with one attached hydrogen (secondary N) is 1. The Morgan fingerprint density at radius 2 is 2.11 bits per heavy atom. The third-order valence-corrected chi connectivity index (χ3v) is 3.28. The van der Waals surface area contributed by atoms with E-state index in [2.05, 4.69) is 34.0 Å². The van der Waals surface area contributed by atoms with Gasteiger partial charge in [0.2, 0.25) is 0 Å². The van der Waals surface area contributed by atoms with Crippen molar-refractivity contribution in [1.82, 2.24) is 14.9 Å². The van der Waals surface area contributed by atoms with Crippen LogP contribution in [0.1, 0.15) is 38.2 Å². The van der Waals surface area contributed by atoms with Crippen LogP contribution in [-0.4, -0.2) is 34.5 Å². The van der Waals surface area contributed by atoms with Crippen LogP contribution < -0.4 is 5.32 Å². The molecular formula is C14H24N4. The molecule has 1 aromatic heterocycles. The summed E-state index contributed by atoms with van der Waals surface area (Å²) in [7, 11) is 0. The van der Waals surface area contributed by atoms with Gasteiger partial charge in [-0.3, -0.25) is 4.90 Å². The summed E-state index contributed by atoms with van der Waals surface area (Å²) in [4.78, 5) is 11.6. The van der Waals surface area contributed by atoms with Gasteiger partial charge in [0.1, 0.15) is 11.6 Å². The lowest BCUT2D eigenvalue weighted by Crippen LogP contribution is -2.26. The highest BCUT2D eigenvalue weighted by Crippen LogP contribution is 2.29. The molecule has 0 aliphatic heterocycles. The third-order valence-electron chi connectivity index (χ3n) is 3.28. The van der Waals surface area contributed by atoms with Gasteiger partial charge in [-0.25, -0.2) is 9.97 Å². The van der Waals surface area contributed by atoms with Crippen molar-refractivity contribution in [2.45, 2.75) is 40.2 Å². The van der Waals surface area contributed by atoms with Crippen LogP contribution in [0.25, 0.3) is 0 Å². The van der Waals surface area contributed by atoms with Crippen molar-refractivity contribution < 1.29 is 0 Å². The summed E-state index contributed by atoms with van der Waals surface area (Å²) in [5.74, 6) is 2.80. The lowest BCUT2D eigenvalue weighted by Gasteiger charge is -2.19. The van der Waals surface area contributed by atoms with E-state index in [9.17, 15) is 0 Å². The van der Waals surface area contributed by atoms with Crippen LogP contribution in [0.3, 0.4) is 0 Å². The standard InChI is InChI=1S/C14H24N4/c1-4-15-13-8-11(3)16-14(17-13)10-18(5-2)9-12-6-7-12/h8,12H,4-7,9-10H2,1-3H3,(H,15,16,17). The number of aromatic nitrogens is 2. The largest absolute Gasteiger partial charge is 0.370 e. The first-order valence-electron chi connectivity index (χ1n) is 7.02. The summed E-state index contributed by atoms with van der Waals surface area (Å²) in [5, 5.41) is 3.26. The Balaban J connectivity index is 2.01. The molecule has 0 radical (unpaired) electrons. The maximum absolute atomic E-state index is 4.57. The summed E-state index contributed by atoms with van der Waals surface area (Å²) in [6.07, 6.45) is 2.79. The molecule has 1 saturated carbocycles. The Labute approximate surface area is 110 Å². The van der Waals surface area contributed by atoms with Gasteiger partial charge < -0.3 is 5.32 Å². The van der Waals surface area contributed by atoms with E-state index < -0.39 is 0 Å². The van der Waals surface area contributed by atoms with Crippen LogP contribution in [0.15, 0.2) is 6.07 Å². The van der Waals surface area contributed by atoms with E-state index in [-0.39, 0.29) is 0 Å². The van der Waals surface area contributed by atoms with E-state index in [1.165, 1.54) is 19.4 Å². The quantitative estimate of drug-likeness (QED) is 0.804. The second-order valence-corrected chi connectivity index (χ2v) is 5.11. The summed E-state index contributed by atoms with van der Waals surface area (Å²) >= 11 is 0. The van der Waals surface area contributed by atoms with Gasteiger partial charge in [-0.05, 0) is 39.2 Å². The summed E-state index contributed by atoms with van der Waals surface area (Å²) in [6, 6.07) is 2.00. The highest BCUT2D eigenvalue weighted by atomic mass is 15.2. The topological polar surface area (TPSA) is 41.1 Å². The fraction of sp³-hybridized carbons (Fsp3) is 0.714. The smallest absolute Gasteiger partial charge is 0.144 e. The first-order chi connectivity index (χ1) is 8.71. The van der Waals surface area contributed by atoms with Crippen molar-refractivity contribution in [3.8, 4) is 0 Å². The van der Waals surface area contributed by atoms with E-state index >= 15 is 0 Å². The van der Waals surface area contributed by atoms with Gasteiger partial charge in [-0.15, -0.1) is 0 Å². The molecule has 1 aliphatic rings. The minimum atomic E-state index is 0.868. The molecule has 1 aromatic rings. The minimum Gasteiger partial charge on any atom is -0.370 e. The van der Waals surface area contributed by atoms with Gasteiger partial charge in [-0.2, -0.15) is 0 Å². The molecule has 0 atom stereocenters. The Morgan fingerprint density at radius 3 is 2.72 bits per heavy atom. The fourth-order valence-electron chi connectivity index (χ4n) is 2.14. The lowest BCUT2D eigenvalue weighted by molar-refractivity contribution is 0.262. The molecule has 1 aliphatic carbocycles. The highest BCUT2D eigenvalue weighted by molar-refractivity contribution is 5.35. The number of hydrogen-bond acceptors (Lipinski definition) is 4. The second-order valence-electron chi connectivity index (χ2n) is 5.11. The summed E-state index contributed by atoms with van der Waals surface area (Å²) in [6.45, 7) is 10.4. The fourth-order valence-corrected chi connectivity index (χ4v) is 2.14. The molecule has 0 amide bonds. The van der Waals surface area contributed by atoms with E-state index in [1.807, 2.05) is 13.0 Å². The van der Waals surface area contributed by atoms with Gasteiger partial charge >= 0.3 is 0 Å². The SMILES string of the molecule is CCNc1cc(C)nc(CN(CC)CC2CC2)n1. The van der Waals surface area contributed by atoms with Crippen molar-refractivity contribution in [3.05, 3.63) is 17.6 Å². The summed E-state index contributed by atoms with van der Waals surface area (Å²) in [5.41, 5.74) is 1.04. The number of aryl methyl sites for hydroxylation is 1. The van der Waals surface area contributed by atoms with Crippen molar-refractivity contribution in [2.75, 3.05) is 25.0 Å². The third kappa shape index (κ3) is 3.95. The minimum absolute atomic E-state index is 0.868. The molecule has 4 heteroatoms. The van der Waals surface area contributed by atoms with Crippen LogP contribution in [0.2, 0.25) is 0 Å². The van der Waals surface area contributed by atoms with E-state index in [1.54, 1.807) is 0 Å². The molecule has 1 N–H and O–H groups in total. The first-order valence-corrected chi connectivity index (χ1v) is 7.02. The molecule has 1 fully saturated rings. The average molecular weight is 248 g/mol. The molecular weight excluding hydrogens is 224 g/mol. The van der Waals surface area contributed by atoms with Crippen LogP contribution in [-0.2, 0) is 6.54 Å². The van der Waals surface area contributed by atoms with Crippen LogP contribution in [0.5, 0.6) is 0 Å². The first kappa shape index (κ1) is 13.3. The van der Waals surface area contributed by atoms with Crippen molar-refractivity contribution in [2.24, 2.45) is 5.92 Å². The molecule has 1 heterocycles. The molecule has 0 bridgehead atoms. The zero-order valence-electron chi connectivity index (χ0n) is 11.7. The molecule has 100 valence electrons. The second kappa shape index (κ2) is 6.14. The monoisotopic (exact) mass is 248 g/mol. The molecule has 4 nitrogen and oxygen atoms in total. The van der Waals surface area contributed by atoms with Gasteiger partial charge in [0.15, 0.2) is 0 Å². The maximum atomic E-state index is 4.57. The molecule has 0 aromatic carbocycles.